The van der Waals surface area contributed by atoms with Crippen molar-refractivity contribution in [1.82, 2.24) is 9.03 Å². The van der Waals surface area contributed by atoms with E-state index in [4.69, 9.17) is 11.5 Å². The molecular weight excluding hydrogens is 280 g/mol. The fraction of sp³-hybridized carbons (Fsp3) is 0.417. The Bertz CT molecular complexity index is 560. The summed E-state index contributed by atoms with van der Waals surface area (Å²) in [5.41, 5.74) is 12.0. The minimum Gasteiger partial charge on any atom is -0.399 e. The van der Waals surface area contributed by atoms with Crippen molar-refractivity contribution in [1.29, 1.82) is 0 Å². The first-order valence-corrected chi connectivity index (χ1v) is 7.66. The molecular formula is C12H20N4O3S. The van der Waals surface area contributed by atoms with E-state index in [1.807, 2.05) is 6.92 Å². The van der Waals surface area contributed by atoms with Crippen LogP contribution in [0.1, 0.15) is 18.9 Å². The van der Waals surface area contributed by atoms with Crippen LogP contribution in [0.2, 0.25) is 0 Å². The Morgan fingerprint density at radius 3 is 2.65 bits per heavy atom. The van der Waals surface area contributed by atoms with Crippen LogP contribution in [-0.2, 0) is 21.5 Å². The van der Waals surface area contributed by atoms with Crippen molar-refractivity contribution in [2.75, 3.05) is 18.8 Å². The summed E-state index contributed by atoms with van der Waals surface area (Å²) in [5.74, 6) is -0.712. The maximum atomic E-state index is 12.1. The topological polar surface area (TPSA) is 119 Å². The molecule has 20 heavy (non-hydrogen) atoms. The summed E-state index contributed by atoms with van der Waals surface area (Å²) in [6.07, 6.45) is 0.655. The van der Waals surface area contributed by atoms with E-state index in [0.717, 1.165) is 4.31 Å². The fourth-order valence-electron chi connectivity index (χ4n) is 1.62. The summed E-state index contributed by atoms with van der Waals surface area (Å²) < 4.78 is 27.6. The van der Waals surface area contributed by atoms with Crippen molar-refractivity contribution < 1.29 is 13.2 Å². The molecule has 0 saturated heterocycles. The third kappa shape index (κ3) is 5.16. The Kier molecular flexibility index (Phi) is 5.93. The number of carbonyl (C=O) groups excluding carboxylic acids is 1. The van der Waals surface area contributed by atoms with E-state index >= 15 is 0 Å². The zero-order valence-corrected chi connectivity index (χ0v) is 12.2. The first kappa shape index (κ1) is 16.4. The van der Waals surface area contributed by atoms with Gasteiger partial charge in [0.2, 0.25) is 5.91 Å². The summed E-state index contributed by atoms with van der Waals surface area (Å²) in [6.45, 7) is 1.80. The number of nitrogen functional groups attached to an aromatic ring is 1. The fourth-order valence-corrected chi connectivity index (χ4v) is 2.88. The van der Waals surface area contributed by atoms with E-state index in [1.165, 1.54) is 0 Å². The average molecular weight is 300 g/mol. The smallest absolute Gasteiger partial charge is 0.280 e. The number of rotatable bonds is 8. The number of amides is 1. The van der Waals surface area contributed by atoms with Gasteiger partial charge in [0.15, 0.2) is 0 Å². The zero-order chi connectivity index (χ0) is 15.2. The van der Waals surface area contributed by atoms with Crippen LogP contribution in [0.15, 0.2) is 24.3 Å². The van der Waals surface area contributed by atoms with Gasteiger partial charge in [-0.15, -0.1) is 0 Å². The van der Waals surface area contributed by atoms with Crippen LogP contribution in [0.3, 0.4) is 0 Å². The molecule has 0 fully saturated rings. The molecule has 0 heterocycles. The molecule has 5 N–H and O–H groups in total. The molecule has 0 aliphatic carbocycles. The number of carbonyl (C=O) groups is 1. The highest BCUT2D eigenvalue weighted by Gasteiger charge is 2.23. The molecule has 0 spiro atoms. The van der Waals surface area contributed by atoms with Crippen molar-refractivity contribution in [2.45, 2.75) is 19.9 Å². The molecule has 0 unspecified atom stereocenters. The van der Waals surface area contributed by atoms with Gasteiger partial charge in [-0.05, 0) is 24.1 Å². The van der Waals surface area contributed by atoms with Gasteiger partial charge in [-0.1, -0.05) is 19.1 Å². The summed E-state index contributed by atoms with van der Waals surface area (Å²) in [6, 6.07) is 6.81. The third-order valence-electron chi connectivity index (χ3n) is 2.52. The van der Waals surface area contributed by atoms with E-state index in [-0.39, 0.29) is 13.1 Å². The Hall–Kier alpha value is -1.64. The maximum absolute atomic E-state index is 12.1. The molecule has 0 bridgehead atoms. The van der Waals surface area contributed by atoms with Crippen molar-refractivity contribution in [2.24, 2.45) is 5.73 Å². The molecule has 1 aromatic rings. The van der Waals surface area contributed by atoms with Gasteiger partial charge in [0.05, 0.1) is 6.54 Å². The molecule has 0 aromatic heterocycles. The van der Waals surface area contributed by atoms with Crippen molar-refractivity contribution in [3.8, 4) is 0 Å². The summed E-state index contributed by atoms with van der Waals surface area (Å²) in [7, 11) is -3.75. The highest BCUT2D eigenvalue weighted by Crippen LogP contribution is 2.11. The lowest BCUT2D eigenvalue weighted by Crippen LogP contribution is -2.44. The number of primary amides is 1. The second kappa shape index (κ2) is 7.22. The molecule has 1 rings (SSSR count). The highest BCUT2D eigenvalue weighted by molar-refractivity contribution is 7.87. The largest absolute Gasteiger partial charge is 0.399 e. The standard InChI is InChI=1S/C12H20N4O3S/c1-2-6-15-20(18,19)16(9-12(14)17)8-10-4-3-5-11(13)7-10/h3-5,7,15H,2,6,8-9,13H2,1H3,(H2,14,17). The van der Waals surface area contributed by atoms with Crippen molar-refractivity contribution >= 4 is 21.8 Å². The first-order valence-electron chi connectivity index (χ1n) is 6.22. The molecule has 0 aliphatic heterocycles. The summed E-state index contributed by atoms with van der Waals surface area (Å²) in [4.78, 5) is 11.1. The third-order valence-corrected chi connectivity index (χ3v) is 4.02. The summed E-state index contributed by atoms with van der Waals surface area (Å²) in [5, 5.41) is 0. The quantitative estimate of drug-likeness (QED) is 0.576. The Balaban J connectivity index is 2.92. The van der Waals surface area contributed by atoms with Crippen LogP contribution >= 0.6 is 0 Å². The Morgan fingerprint density at radius 1 is 1.40 bits per heavy atom. The van der Waals surface area contributed by atoms with Crippen LogP contribution in [0.5, 0.6) is 0 Å². The molecule has 7 nitrogen and oxygen atoms in total. The minimum atomic E-state index is -3.75. The van der Waals surface area contributed by atoms with E-state index in [2.05, 4.69) is 4.72 Å². The molecule has 0 aliphatic rings. The van der Waals surface area contributed by atoms with Gasteiger partial charge < -0.3 is 11.5 Å². The number of benzene rings is 1. The van der Waals surface area contributed by atoms with Gasteiger partial charge >= 0.3 is 0 Å². The van der Waals surface area contributed by atoms with Crippen LogP contribution in [0.25, 0.3) is 0 Å². The predicted molar refractivity (Wildman–Crippen MR) is 77.7 cm³/mol. The molecule has 0 atom stereocenters. The molecule has 0 radical (unpaired) electrons. The average Bonchev–Trinajstić information content (AvgIpc) is 2.35. The maximum Gasteiger partial charge on any atom is 0.280 e. The van der Waals surface area contributed by atoms with Gasteiger partial charge in [0, 0.05) is 18.8 Å². The molecule has 1 amide bonds. The Labute approximate surface area is 119 Å². The number of anilines is 1. The zero-order valence-electron chi connectivity index (χ0n) is 11.4. The summed E-state index contributed by atoms with van der Waals surface area (Å²) >= 11 is 0. The number of hydrogen-bond acceptors (Lipinski definition) is 4. The van der Waals surface area contributed by atoms with Gasteiger partial charge in [-0.3, -0.25) is 4.79 Å². The predicted octanol–water partition coefficient (Wildman–Crippen LogP) is -0.199. The molecule has 0 saturated carbocycles. The number of nitrogens with two attached hydrogens (primary N) is 2. The lowest BCUT2D eigenvalue weighted by Gasteiger charge is -2.21. The van der Waals surface area contributed by atoms with Crippen molar-refractivity contribution in [3.63, 3.8) is 0 Å². The number of hydrogen-bond donors (Lipinski definition) is 3. The second-order valence-corrected chi connectivity index (χ2v) is 6.13. The minimum absolute atomic E-state index is 0.0347. The monoisotopic (exact) mass is 300 g/mol. The van der Waals surface area contributed by atoms with Crippen LogP contribution in [-0.4, -0.2) is 31.7 Å². The van der Waals surface area contributed by atoms with E-state index in [0.29, 0.717) is 24.2 Å². The molecule has 112 valence electrons. The SMILES string of the molecule is CCCNS(=O)(=O)N(CC(N)=O)Cc1cccc(N)c1. The normalized spacial score (nSPS) is 11.7. The second-order valence-electron chi connectivity index (χ2n) is 4.38. The van der Waals surface area contributed by atoms with Gasteiger partial charge in [0.25, 0.3) is 10.2 Å². The van der Waals surface area contributed by atoms with Crippen molar-refractivity contribution in [3.05, 3.63) is 29.8 Å². The van der Waals surface area contributed by atoms with E-state index in [1.54, 1.807) is 24.3 Å². The number of nitrogens with one attached hydrogen (secondary N) is 1. The van der Waals surface area contributed by atoms with E-state index in [9.17, 15) is 13.2 Å². The van der Waals surface area contributed by atoms with Crippen LogP contribution < -0.4 is 16.2 Å². The Morgan fingerprint density at radius 2 is 2.10 bits per heavy atom. The first-order chi connectivity index (χ1) is 9.35. The number of nitrogens with zero attached hydrogens (tertiary/aromatic N) is 1. The van der Waals surface area contributed by atoms with Crippen LogP contribution in [0, 0.1) is 0 Å². The lowest BCUT2D eigenvalue weighted by atomic mass is 10.2. The van der Waals surface area contributed by atoms with Crippen LogP contribution in [0.4, 0.5) is 5.69 Å². The van der Waals surface area contributed by atoms with Gasteiger partial charge in [0.1, 0.15) is 0 Å². The molecule has 8 heteroatoms. The van der Waals surface area contributed by atoms with Gasteiger partial charge in [-0.2, -0.15) is 12.7 Å². The van der Waals surface area contributed by atoms with Gasteiger partial charge in [-0.25, -0.2) is 4.72 Å². The molecule has 1 aromatic carbocycles. The lowest BCUT2D eigenvalue weighted by molar-refractivity contribution is -0.118. The highest BCUT2D eigenvalue weighted by atomic mass is 32.2. The van der Waals surface area contributed by atoms with E-state index < -0.39 is 16.1 Å².